The van der Waals surface area contributed by atoms with Crippen LogP contribution in [-0.4, -0.2) is 0 Å². The van der Waals surface area contributed by atoms with Crippen molar-refractivity contribution in [2.24, 2.45) is 11.7 Å². The van der Waals surface area contributed by atoms with E-state index in [2.05, 4.69) is 15.9 Å². The summed E-state index contributed by atoms with van der Waals surface area (Å²) in [5, 5.41) is 0.771. The SMILES string of the molecule is Cl.N[C@@H](CC1CC1)c1ccc(Br)cc1Cl. The Morgan fingerprint density at radius 2 is 2.13 bits per heavy atom. The van der Waals surface area contributed by atoms with E-state index in [1.807, 2.05) is 18.2 Å². The van der Waals surface area contributed by atoms with Crippen LogP contribution >= 0.6 is 39.9 Å². The Labute approximate surface area is 110 Å². The molecule has 0 aliphatic heterocycles. The normalized spacial score (nSPS) is 17.0. The van der Waals surface area contributed by atoms with Crippen molar-refractivity contribution in [2.75, 3.05) is 0 Å². The molecule has 0 radical (unpaired) electrons. The monoisotopic (exact) mass is 309 g/mol. The molecule has 1 aliphatic carbocycles. The molecule has 15 heavy (non-hydrogen) atoms. The van der Waals surface area contributed by atoms with Gasteiger partial charge in [0.2, 0.25) is 0 Å². The van der Waals surface area contributed by atoms with E-state index in [1.54, 1.807) is 0 Å². The van der Waals surface area contributed by atoms with Crippen LogP contribution in [0.15, 0.2) is 22.7 Å². The van der Waals surface area contributed by atoms with Crippen LogP contribution in [-0.2, 0) is 0 Å². The number of rotatable bonds is 3. The second-order valence-electron chi connectivity index (χ2n) is 3.95. The van der Waals surface area contributed by atoms with E-state index in [0.29, 0.717) is 0 Å². The third kappa shape index (κ3) is 3.63. The lowest BCUT2D eigenvalue weighted by molar-refractivity contribution is 0.597. The molecule has 1 saturated carbocycles. The van der Waals surface area contributed by atoms with Crippen LogP contribution < -0.4 is 5.73 Å². The zero-order chi connectivity index (χ0) is 10.1. The molecule has 0 aromatic heterocycles. The van der Waals surface area contributed by atoms with Crippen molar-refractivity contribution >= 4 is 39.9 Å². The second-order valence-corrected chi connectivity index (χ2v) is 5.27. The lowest BCUT2D eigenvalue weighted by atomic mass is 10.0. The number of halogens is 3. The van der Waals surface area contributed by atoms with E-state index in [1.165, 1.54) is 12.8 Å². The fourth-order valence-electron chi connectivity index (χ4n) is 1.64. The standard InChI is InChI=1S/C11H13BrClN.ClH/c12-8-3-4-9(10(13)6-8)11(14)5-7-1-2-7;/h3-4,6-7,11H,1-2,5,14H2;1H/t11-;/m0./s1. The maximum Gasteiger partial charge on any atom is 0.0464 e. The predicted octanol–water partition coefficient (Wildman–Crippen LogP) is 4.32. The first-order chi connectivity index (χ1) is 6.66. The molecule has 0 bridgehead atoms. The van der Waals surface area contributed by atoms with Crippen molar-refractivity contribution in [1.82, 2.24) is 0 Å². The van der Waals surface area contributed by atoms with E-state index in [4.69, 9.17) is 17.3 Å². The first kappa shape index (κ1) is 13.3. The Hall–Kier alpha value is 0.240. The fourth-order valence-corrected chi connectivity index (χ4v) is 2.46. The summed E-state index contributed by atoms with van der Waals surface area (Å²) >= 11 is 9.50. The van der Waals surface area contributed by atoms with Gasteiger partial charge in [-0.1, -0.05) is 46.4 Å². The number of nitrogens with two attached hydrogens (primary N) is 1. The van der Waals surface area contributed by atoms with Crippen LogP contribution in [0.2, 0.25) is 5.02 Å². The molecule has 1 fully saturated rings. The Balaban J connectivity index is 0.00000112. The molecule has 0 unspecified atom stereocenters. The highest BCUT2D eigenvalue weighted by Crippen LogP contribution is 2.38. The van der Waals surface area contributed by atoms with Crippen LogP contribution in [0.25, 0.3) is 0 Å². The van der Waals surface area contributed by atoms with Gasteiger partial charge in [0.05, 0.1) is 0 Å². The molecule has 1 aromatic carbocycles. The van der Waals surface area contributed by atoms with Crippen LogP contribution in [0.1, 0.15) is 30.9 Å². The van der Waals surface area contributed by atoms with E-state index in [-0.39, 0.29) is 18.4 Å². The van der Waals surface area contributed by atoms with Gasteiger partial charge in [-0.25, -0.2) is 0 Å². The van der Waals surface area contributed by atoms with Crippen molar-refractivity contribution < 1.29 is 0 Å². The highest BCUT2D eigenvalue weighted by Gasteiger charge is 2.25. The minimum absolute atomic E-state index is 0. The number of benzene rings is 1. The summed E-state index contributed by atoms with van der Waals surface area (Å²) in [6.07, 6.45) is 3.74. The number of hydrogen-bond acceptors (Lipinski definition) is 1. The topological polar surface area (TPSA) is 26.0 Å². The highest BCUT2D eigenvalue weighted by atomic mass is 79.9. The van der Waals surface area contributed by atoms with Gasteiger partial charge in [0.1, 0.15) is 0 Å². The largest absolute Gasteiger partial charge is 0.324 e. The van der Waals surface area contributed by atoms with Crippen molar-refractivity contribution in [3.8, 4) is 0 Å². The fraction of sp³-hybridized carbons (Fsp3) is 0.455. The van der Waals surface area contributed by atoms with Crippen LogP contribution in [0.5, 0.6) is 0 Å². The van der Waals surface area contributed by atoms with Gasteiger partial charge in [0, 0.05) is 15.5 Å². The molecule has 1 aliphatic rings. The highest BCUT2D eigenvalue weighted by molar-refractivity contribution is 9.10. The lowest BCUT2D eigenvalue weighted by Gasteiger charge is -2.13. The molecule has 1 atom stereocenters. The van der Waals surface area contributed by atoms with Gasteiger partial charge < -0.3 is 5.73 Å². The van der Waals surface area contributed by atoms with E-state index >= 15 is 0 Å². The third-order valence-electron chi connectivity index (χ3n) is 2.65. The minimum atomic E-state index is 0. The van der Waals surface area contributed by atoms with Crippen molar-refractivity contribution in [2.45, 2.75) is 25.3 Å². The Morgan fingerprint density at radius 1 is 1.47 bits per heavy atom. The van der Waals surface area contributed by atoms with Gasteiger partial charge in [-0.05, 0) is 30.0 Å². The molecule has 1 nitrogen and oxygen atoms in total. The average Bonchev–Trinajstić information content (AvgIpc) is 2.87. The summed E-state index contributed by atoms with van der Waals surface area (Å²) in [5.41, 5.74) is 7.16. The van der Waals surface area contributed by atoms with E-state index in [9.17, 15) is 0 Å². The maximum absolute atomic E-state index is 6.12. The van der Waals surface area contributed by atoms with E-state index < -0.39 is 0 Å². The van der Waals surface area contributed by atoms with Gasteiger partial charge in [-0.3, -0.25) is 0 Å². The molecule has 0 spiro atoms. The molecular weight excluding hydrogens is 297 g/mol. The molecule has 0 amide bonds. The van der Waals surface area contributed by atoms with Crippen molar-refractivity contribution in [1.29, 1.82) is 0 Å². The molecule has 0 saturated heterocycles. The summed E-state index contributed by atoms with van der Waals surface area (Å²) in [6.45, 7) is 0. The zero-order valence-corrected chi connectivity index (χ0v) is 11.4. The minimum Gasteiger partial charge on any atom is -0.324 e. The third-order valence-corrected chi connectivity index (χ3v) is 3.47. The molecule has 2 N–H and O–H groups in total. The quantitative estimate of drug-likeness (QED) is 0.884. The second kappa shape index (κ2) is 5.53. The van der Waals surface area contributed by atoms with Crippen molar-refractivity contribution in [3.63, 3.8) is 0 Å². The van der Waals surface area contributed by atoms with E-state index in [0.717, 1.165) is 27.4 Å². The summed E-state index contributed by atoms with van der Waals surface area (Å²) in [6, 6.07) is 6.01. The zero-order valence-electron chi connectivity index (χ0n) is 8.25. The average molecular weight is 311 g/mol. The van der Waals surface area contributed by atoms with Gasteiger partial charge in [0.15, 0.2) is 0 Å². The summed E-state index contributed by atoms with van der Waals surface area (Å²) in [5.74, 6) is 0.838. The van der Waals surface area contributed by atoms with Gasteiger partial charge in [-0.2, -0.15) is 0 Å². The number of hydrogen-bond donors (Lipinski definition) is 1. The van der Waals surface area contributed by atoms with Gasteiger partial charge in [0.25, 0.3) is 0 Å². The Bertz CT molecular complexity index is 339. The molecule has 1 aromatic rings. The molecule has 84 valence electrons. The first-order valence-electron chi connectivity index (χ1n) is 4.87. The summed E-state index contributed by atoms with van der Waals surface area (Å²) in [4.78, 5) is 0. The first-order valence-corrected chi connectivity index (χ1v) is 6.04. The molecule has 4 heteroatoms. The maximum atomic E-state index is 6.12. The molecular formula is C11H14BrCl2N. The van der Waals surface area contributed by atoms with Gasteiger partial charge in [-0.15, -0.1) is 12.4 Å². The van der Waals surface area contributed by atoms with Crippen LogP contribution in [0.4, 0.5) is 0 Å². The predicted molar refractivity (Wildman–Crippen MR) is 70.7 cm³/mol. The van der Waals surface area contributed by atoms with Crippen LogP contribution in [0, 0.1) is 5.92 Å². The van der Waals surface area contributed by atoms with Gasteiger partial charge >= 0.3 is 0 Å². The Morgan fingerprint density at radius 3 is 2.67 bits per heavy atom. The van der Waals surface area contributed by atoms with Crippen LogP contribution in [0.3, 0.4) is 0 Å². The summed E-state index contributed by atoms with van der Waals surface area (Å²) in [7, 11) is 0. The molecule has 2 rings (SSSR count). The van der Waals surface area contributed by atoms with Crippen molar-refractivity contribution in [3.05, 3.63) is 33.3 Å². The lowest BCUT2D eigenvalue weighted by Crippen LogP contribution is -2.11. The Kier molecular flexibility index (Phi) is 4.91. The molecule has 0 heterocycles. The summed E-state index contributed by atoms with van der Waals surface area (Å²) < 4.78 is 1.00. The smallest absolute Gasteiger partial charge is 0.0464 e.